The fourth-order valence-electron chi connectivity index (χ4n) is 3.16. The Bertz CT molecular complexity index is 961. The van der Waals surface area contributed by atoms with Gasteiger partial charge in [0, 0.05) is 0 Å². The molecule has 28 heavy (non-hydrogen) atoms. The van der Waals surface area contributed by atoms with E-state index in [0.29, 0.717) is 17.4 Å². The molecular weight excluding hydrogens is 361 g/mol. The first-order chi connectivity index (χ1) is 13.4. The highest BCUT2D eigenvalue weighted by Gasteiger charge is 2.34. The van der Waals surface area contributed by atoms with E-state index in [0.717, 1.165) is 30.2 Å². The highest BCUT2D eigenvalue weighted by Crippen LogP contribution is 2.33. The summed E-state index contributed by atoms with van der Waals surface area (Å²) in [4.78, 5) is 0. The van der Waals surface area contributed by atoms with Crippen LogP contribution >= 0.6 is 0 Å². The molecule has 0 saturated heterocycles. The van der Waals surface area contributed by atoms with Crippen LogP contribution in [0.3, 0.4) is 0 Å². The van der Waals surface area contributed by atoms with Crippen LogP contribution in [0.15, 0.2) is 67.3 Å². The summed E-state index contributed by atoms with van der Waals surface area (Å²) in [5.74, 6) is -0.329. The molecular formula is C24H23F3O. The van der Waals surface area contributed by atoms with Gasteiger partial charge in [-0.2, -0.15) is 8.78 Å². The Morgan fingerprint density at radius 1 is 0.964 bits per heavy atom. The quantitative estimate of drug-likeness (QED) is 0.374. The lowest BCUT2D eigenvalue weighted by Gasteiger charge is -2.19. The Labute approximate surface area is 163 Å². The van der Waals surface area contributed by atoms with Gasteiger partial charge in [0.25, 0.3) is 0 Å². The van der Waals surface area contributed by atoms with Gasteiger partial charge < -0.3 is 4.74 Å². The van der Waals surface area contributed by atoms with Gasteiger partial charge in [-0.05, 0) is 77.6 Å². The molecule has 0 unspecified atom stereocenters. The number of hydrogen-bond acceptors (Lipinski definition) is 1. The molecule has 146 valence electrons. The highest BCUT2D eigenvalue weighted by molar-refractivity contribution is 5.84. The van der Waals surface area contributed by atoms with Crippen molar-refractivity contribution < 1.29 is 17.9 Å². The van der Waals surface area contributed by atoms with Crippen molar-refractivity contribution in [2.24, 2.45) is 0 Å². The molecule has 4 heteroatoms. The van der Waals surface area contributed by atoms with Gasteiger partial charge in [0.15, 0.2) is 0 Å². The number of fused-ring (bicyclic) bond motifs is 1. The van der Waals surface area contributed by atoms with E-state index in [-0.39, 0.29) is 17.1 Å². The third-order valence-corrected chi connectivity index (χ3v) is 4.67. The Morgan fingerprint density at radius 3 is 2.39 bits per heavy atom. The average molecular weight is 384 g/mol. The van der Waals surface area contributed by atoms with Crippen molar-refractivity contribution in [1.82, 2.24) is 0 Å². The molecule has 0 aliphatic rings. The van der Waals surface area contributed by atoms with Crippen molar-refractivity contribution in [1.29, 1.82) is 0 Å². The SMILES string of the molecule is C=CCCc1ccc(C(F)(F)Oc2ccc3cc(CCC)c(F)cc3c2)cc1. The molecule has 0 atom stereocenters. The third kappa shape index (κ3) is 4.56. The van der Waals surface area contributed by atoms with Gasteiger partial charge in [-0.15, -0.1) is 6.58 Å². The van der Waals surface area contributed by atoms with Gasteiger partial charge in [0.1, 0.15) is 11.6 Å². The van der Waals surface area contributed by atoms with Crippen LogP contribution in [0.1, 0.15) is 36.5 Å². The Kier molecular flexibility index (Phi) is 6.08. The van der Waals surface area contributed by atoms with Gasteiger partial charge in [0.2, 0.25) is 0 Å². The maximum absolute atomic E-state index is 14.6. The van der Waals surface area contributed by atoms with Crippen molar-refractivity contribution in [2.45, 2.75) is 38.7 Å². The molecule has 0 aliphatic heterocycles. The number of alkyl halides is 2. The Morgan fingerprint density at radius 2 is 1.71 bits per heavy atom. The first kappa shape index (κ1) is 20.0. The molecule has 0 amide bonds. The van der Waals surface area contributed by atoms with E-state index in [2.05, 4.69) is 6.58 Å². The van der Waals surface area contributed by atoms with Crippen molar-refractivity contribution in [3.63, 3.8) is 0 Å². The molecule has 0 bridgehead atoms. The second kappa shape index (κ2) is 8.51. The molecule has 0 N–H and O–H groups in total. The summed E-state index contributed by atoms with van der Waals surface area (Å²) in [6.07, 6.45) is 1.33. The maximum atomic E-state index is 14.6. The molecule has 0 aliphatic carbocycles. The smallest absolute Gasteiger partial charge is 0.426 e. The average Bonchev–Trinajstić information content (AvgIpc) is 2.67. The summed E-state index contributed by atoms with van der Waals surface area (Å²) in [5.41, 5.74) is 1.37. The molecule has 0 spiro atoms. The molecule has 0 aromatic heterocycles. The normalized spacial score (nSPS) is 11.6. The molecule has 0 fully saturated rings. The standard InChI is InChI=1S/C24H23F3O/c1-3-5-7-17-8-11-21(12-9-17)24(26,27)28-22-13-10-18-14-19(6-4-2)23(25)16-20(18)15-22/h3,8-16H,1,4-7H2,2H3. The minimum atomic E-state index is -3.48. The zero-order chi connectivity index (χ0) is 20.1. The van der Waals surface area contributed by atoms with Crippen LogP contribution in [0.4, 0.5) is 13.2 Å². The number of rotatable bonds is 8. The summed E-state index contributed by atoms with van der Waals surface area (Å²) in [6.45, 7) is 5.64. The van der Waals surface area contributed by atoms with E-state index in [4.69, 9.17) is 4.74 Å². The summed E-state index contributed by atoms with van der Waals surface area (Å²) in [5, 5.41) is 1.33. The number of hydrogen-bond donors (Lipinski definition) is 0. The molecule has 0 heterocycles. The second-order valence-electron chi connectivity index (χ2n) is 6.85. The van der Waals surface area contributed by atoms with Gasteiger partial charge in [-0.25, -0.2) is 4.39 Å². The van der Waals surface area contributed by atoms with Gasteiger partial charge in [-0.3, -0.25) is 0 Å². The van der Waals surface area contributed by atoms with E-state index in [9.17, 15) is 13.2 Å². The molecule has 1 nitrogen and oxygen atoms in total. The van der Waals surface area contributed by atoms with Crippen molar-refractivity contribution in [3.8, 4) is 5.75 Å². The number of ether oxygens (including phenoxy) is 1. The number of benzene rings is 3. The molecule has 0 radical (unpaired) electrons. The van der Waals surface area contributed by atoms with Crippen LogP contribution in [0, 0.1) is 5.82 Å². The fraction of sp³-hybridized carbons (Fsp3) is 0.250. The molecule has 3 rings (SSSR count). The first-order valence-electron chi connectivity index (χ1n) is 9.42. The zero-order valence-electron chi connectivity index (χ0n) is 15.9. The highest BCUT2D eigenvalue weighted by atomic mass is 19.3. The van der Waals surface area contributed by atoms with E-state index in [1.807, 2.05) is 6.92 Å². The monoisotopic (exact) mass is 384 g/mol. The van der Waals surface area contributed by atoms with E-state index in [1.54, 1.807) is 30.3 Å². The van der Waals surface area contributed by atoms with Crippen LogP contribution in [0.5, 0.6) is 5.75 Å². The van der Waals surface area contributed by atoms with Gasteiger partial charge in [0.05, 0.1) is 5.56 Å². The Balaban J connectivity index is 1.82. The van der Waals surface area contributed by atoms with E-state index >= 15 is 0 Å². The summed E-state index contributed by atoms with van der Waals surface area (Å²) < 4.78 is 48.2. The maximum Gasteiger partial charge on any atom is 0.426 e. The largest absolute Gasteiger partial charge is 0.429 e. The van der Waals surface area contributed by atoms with Gasteiger partial charge in [-0.1, -0.05) is 37.6 Å². The van der Waals surface area contributed by atoms with Crippen LogP contribution < -0.4 is 4.74 Å². The van der Waals surface area contributed by atoms with E-state index in [1.165, 1.54) is 30.3 Å². The van der Waals surface area contributed by atoms with Gasteiger partial charge >= 0.3 is 6.11 Å². The minimum absolute atomic E-state index is 0.00382. The number of halogens is 3. The van der Waals surface area contributed by atoms with Crippen molar-refractivity contribution in [2.75, 3.05) is 0 Å². The minimum Gasteiger partial charge on any atom is -0.429 e. The zero-order valence-corrected chi connectivity index (χ0v) is 15.9. The lowest BCUT2D eigenvalue weighted by atomic mass is 10.0. The summed E-state index contributed by atoms with van der Waals surface area (Å²) in [7, 11) is 0. The lowest BCUT2D eigenvalue weighted by molar-refractivity contribution is -0.185. The van der Waals surface area contributed by atoms with Crippen LogP contribution in [-0.4, -0.2) is 0 Å². The van der Waals surface area contributed by atoms with Crippen LogP contribution in [0.25, 0.3) is 10.8 Å². The fourth-order valence-corrected chi connectivity index (χ4v) is 3.16. The number of allylic oxidation sites excluding steroid dienone is 1. The van der Waals surface area contributed by atoms with Crippen LogP contribution in [-0.2, 0) is 19.0 Å². The second-order valence-corrected chi connectivity index (χ2v) is 6.85. The molecule has 3 aromatic rings. The van der Waals surface area contributed by atoms with E-state index < -0.39 is 6.11 Å². The first-order valence-corrected chi connectivity index (χ1v) is 9.42. The third-order valence-electron chi connectivity index (χ3n) is 4.67. The summed E-state index contributed by atoms with van der Waals surface area (Å²) >= 11 is 0. The lowest BCUT2D eigenvalue weighted by Crippen LogP contribution is -2.21. The molecule has 0 saturated carbocycles. The predicted molar refractivity (Wildman–Crippen MR) is 107 cm³/mol. The van der Waals surface area contributed by atoms with Crippen molar-refractivity contribution in [3.05, 3.63) is 89.8 Å². The molecule has 3 aromatic carbocycles. The van der Waals surface area contributed by atoms with Crippen molar-refractivity contribution >= 4 is 10.8 Å². The topological polar surface area (TPSA) is 9.23 Å². The summed E-state index contributed by atoms with van der Waals surface area (Å²) in [6, 6.07) is 13.8. The Hall–Kier alpha value is -2.75. The van der Waals surface area contributed by atoms with Crippen LogP contribution in [0.2, 0.25) is 0 Å². The predicted octanol–water partition coefficient (Wildman–Crippen LogP) is 7.18. The number of aryl methyl sites for hydroxylation is 2.